The molecule has 9 heteroatoms. The van der Waals surface area contributed by atoms with Gasteiger partial charge in [0.05, 0.1) is 17.2 Å². The van der Waals surface area contributed by atoms with Gasteiger partial charge in [-0.1, -0.05) is 23.2 Å². The maximum absolute atomic E-state index is 14.1. The molecule has 1 aliphatic carbocycles. The number of rotatable bonds is 6. The number of hydrogen-bond acceptors (Lipinski definition) is 4. The molecule has 1 aliphatic rings. The highest BCUT2D eigenvalue weighted by Crippen LogP contribution is 2.33. The van der Waals surface area contributed by atoms with Crippen LogP contribution in [0.25, 0.3) is 0 Å². The summed E-state index contributed by atoms with van der Waals surface area (Å²) in [6, 6.07) is 0.0797. The molecular weight excluding hydrogens is 370 g/mol. The number of benzene rings is 1. The first-order valence-electron chi connectivity index (χ1n) is 6.99. The minimum Gasteiger partial charge on any atom is -0.462 e. The van der Waals surface area contributed by atoms with Gasteiger partial charge in [-0.05, 0) is 19.8 Å². The molecule has 0 spiro atoms. The molecule has 0 radical (unpaired) electrons. The summed E-state index contributed by atoms with van der Waals surface area (Å²) in [7, 11) is 0. The molecule has 0 heterocycles. The van der Waals surface area contributed by atoms with E-state index in [9.17, 15) is 22.8 Å². The summed E-state index contributed by atoms with van der Waals surface area (Å²) < 4.78 is 45.9. The minimum absolute atomic E-state index is 0.0400. The Morgan fingerprint density at radius 2 is 1.75 bits per heavy atom. The molecule has 0 atom stereocenters. The standard InChI is InChI=1S/C15H12Cl2F3NO3/c1-2-24-15(23)7(5-21-6-3-4-6)14(22)8-9(16)12(19)13(20)10(17)11(8)18/h5-6,21H,2-4H2,1H3/b7-5-. The third-order valence-corrected chi connectivity index (χ3v) is 3.90. The second kappa shape index (κ2) is 7.44. The van der Waals surface area contributed by atoms with E-state index < -0.39 is 50.4 Å². The van der Waals surface area contributed by atoms with Gasteiger partial charge in [0, 0.05) is 12.2 Å². The van der Waals surface area contributed by atoms with Gasteiger partial charge in [-0.15, -0.1) is 0 Å². The van der Waals surface area contributed by atoms with Crippen molar-refractivity contribution in [3.8, 4) is 0 Å². The van der Waals surface area contributed by atoms with Crippen LogP contribution in [0, 0.1) is 17.5 Å². The van der Waals surface area contributed by atoms with Crippen LogP contribution >= 0.6 is 23.2 Å². The van der Waals surface area contributed by atoms with Gasteiger partial charge in [-0.3, -0.25) is 4.79 Å². The van der Waals surface area contributed by atoms with Gasteiger partial charge in [-0.2, -0.15) is 0 Å². The summed E-state index contributed by atoms with van der Waals surface area (Å²) in [5.41, 5.74) is -1.62. The lowest BCUT2D eigenvalue weighted by molar-refractivity contribution is -0.138. The summed E-state index contributed by atoms with van der Waals surface area (Å²) in [5.74, 6) is -7.25. The summed E-state index contributed by atoms with van der Waals surface area (Å²) >= 11 is 10.9. The largest absolute Gasteiger partial charge is 0.462 e. The molecule has 0 aromatic heterocycles. The Morgan fingerprint density at radius 3 is 2.29 bits per heavy atom. The lowest BCUT2D eigenvalue weighted by atomic mass is 10.0. The third-order valence-electron chi connectivity index (χ3n) is 3.22. The Labute approximate surface area is 145 Å². The van der Waals surface area contributed by atoms with Crippen LogP contribution in [-0.4, -0.2) is 24.4 Å². The van der Waals surface area contributed by atoms with Crippen molar-refractivity contribution in [3.05, 3.63) is 44.8 Å². The second-order valence-electron chi connectivity index (χ2n) is 4.99. The Balaban J connectivity index is 2.50. The topological polar surface area (TPSA) is 55.4 Å². The van der Waals surface area contributed by atoms with Crippen molar-refractivity contribution in [2.24, 2.45) is 0 Å². The first-order chi connectivity index (χ1) is 11.3. The lowest BCUT2D eigenvalue weighted by Gasteiger charge is -2.11. The first kappa shape index (κ1) is 18.6. The van der Waals surface area contributed by atoms with Crippen LogP contribution in [0.2, 0.25) is 10.0 Å². The van der Waals surface area contributed by atoms with Crippen molar-refractivity contribution in [1.29, 1.82) is 0 Å². The normalized spacial score (nSPS) is 14.5. The first-order valence-corrected chi connectivity index (χ1v) is 7.74. The number of ether oxygens (including phenoxy) is 1. The van der Waals surface area contributed by atoms with Crippen molar-refractivity contribution in [2.75, 3.05) is 6.61 Å². The fourth-order valence-electron chi connectivity index (χ4n) is 1.82. The Bertz CT molecular complexity index is 704. The number of carbonyl (C=O) groups is 2. The van der Waals surface area contributed by atoms with E-state index >= 15 is 0 Å². The van der Waals surface area contributed by atoms with E-state index in [0.29, 0.717) is 0 Å². The molecule has 1 aromatic rings. The van der Waals surface area contributed by atoms with E-state index in [1.807, 2.05) is 0 Å². The molecule has 1 fully saturated rings. The Hall–Kier alpha value is -1.73. The molecule has 0 aliphatic heterocycles. The fourth-order valence-corrected chi connectivity index (χ4v) is 2.25. The van der Waals surface area contributed by atoms with Crippen LogP contribution in [-0.2, 0) is 9.53 Å². The van der Waals surface area contributed by atoms with Crippen LogP contribution in [0.3, 0.4) is 0 Å². The minimum atomic E-state index is -1.71. The zero-order chi connectivity index (χ0) is 18.0. The molecule has 1 aromatic carbocycles. The van der Waals surface area contributed by atoms with Gasteiger partial charge in [0.25, 0.3) is 0 Å². The van der Waals surface area contributed by atoms with Crippen molar-refractivity contribution in [3.63, 3.8) is 0 Å². The fraction of sp³-hybridized carbons (Fsp3) is 0.333. The molecular formula is C15H12Cl2F3NO3. The maximum Gasteiger partial charge on any atom is 0.343 e. The van der Waals surface area contributed by atoms with Gasteiger partial charge in [0.2, 0.25) is 5.78 Å². The van der Waals surface area contributed by atoms with E-state index in [-0.39, 0.29) is 12.6 Å². The predicted molar refractivity (Wildman–Crippen MR) is 81.5 cm³/mol. The van der Waals surface area contributed by atoms with E-state index in [4.69, 9.17) is 27.9 Å². The van der Waals surface area contributed by atoms with Crippen molar-refractivity contribution >= 4 is 35.0 Å². The Morgan fingerprint density at radius 1 is 1.17 bits per heavy atom. The number of carbonyl (C=O) groups excluding carboxylic acids is 2. The molecule has 0 amide bonds. The van der Waals surface area contributed by atoms with E-state index in [0.717, 1.165) is 19.0 Å². The average molecular weight is 382 g/mol. The van der Waals surface area contributed by atoms with Gasteiger partial charge in [0.1, 0.15) is 10.6 Å². The van der Waals surface area contributed by atoms with E-state index in [1.165, 1.54) is 6.92 Å². The zero-order valence-electron chi connectivity index (χ0n) is 12.4. The lowest BCUT2D eigenvalue weighted by Crippen LogP contribution is -2.22. The van der Waals surface area contributed by atoms with Crippen molar-refractivity contribution in [2.45, 2.75) is 25.8 Å². The van der Waals surface area contributed by atoms with Crippen LogP contribution in [0.5, 0.6) is 0 Å². The highest BCUT2D eigenvalue weighted by Gasteiger charge is 2.32. The SMILES string of the molecule is CCOC(=O)/C(=C\NC1CC1)C(=O)c1c(F)c(Cl)c(F)c(F)c1Cl. The number of ketones is 1. The number of Topliss-reactive ketones (excluding diaryl/α,β-unsaturated/α-hetero) is 1. The molecule has 0 unspecified atom stereocenters. The Kier molecular flexibility index (Phi) is 5.77. The van der Waals surface area contributed by atoms with Gasteiger partial charge in [-0.25, -0.2) is 18.0 Å². The number of hydrogen-bond donors (Lipinski definition) is 1. The molecule has 4 nitrogen and oxygen atoms in total. The smallest absolute Gasteiger partial charge is 0.343 e. The summed E-state index contributed by atoms with van der Waals surface area (Å²) in [4.78, 5) is 24.4. The second-order valence-corrected chi connectivity index (χ2v) is 5.75. The van der Waals surface area contributed by atoms with Crippen molar-refractivity contribution < 1.29 is 27.5 Å². The highest BCUT2D eigenvalue weighted by molar-refractivity contribution is 6.38. The summed E-state index contributed by atoms with van der Waals surface area (Å²) in [6.07, 6.45) is 2.74. The van der Waals surface area contributed by atoms with Crippen LogP contribution in [0.1, 0.15) is 30.1 Å². The average Bonchev–Trinajstić information content (AvgIpc) is 3.36. The molecule has 1 saturated carbocycles. The summed E-state index contributed by atoms with van der Waals surface area (Å²) in [6.45, 7) is 1.47. The molecule has 24 heavy (non-hydrogen) atoms. The van der Waals surface area contributed by atoms with Gasteiger partial charge >= 0.3 is 5.97 Å². The molecule has 1 N–H and O–H groups in total. The quantitative estimate of drug-likeness (QED) is 0.155. The van der Waals surface area contributed by atoms with Gasteiger partial charge in [0.15, 0.2) is 17.5 Å². The third kappa shape index (κ3) is 3.67. The van der Waals surface area contributed by atoms with Gasteiger partial charge < -0.3 is 10.1 Å². The zero-order valence-corrected chi connectivity index (χ0v) is 13.9. The molecule has 130 valence electrons. The molecule has 2 rings (SSSR count). The highest BCUT2D eigenvalue weighted by atomic mass is 35.5. The summed E-state index contributed by atoms with van der Waals surface area (Å²) in [5, 5.41) is 0.456. The van der Waals surface area contributed by atoms with Crippen LogP contribution in [0.4, 0.5) is 13.2 Å². The monoisotopic (exact) mass is 381 g/mol. The van der Waals surface area contributed by atoms with Crippen molar-refractivity contribution in [1.82, 2.24) is 5.32 Å². The number of nitrogens with one attached hydrogen (secondary N) is 1. The van der Waals surface area contributed by atoms with E-state index in [2.05, 4.69) is 5.32 Å². The van der Waals surface area contributed by atoms with Crippen LogP contribution < -0.4 is 5.32 Å². The number of halogens is 5. The maximum atomic E-state index is 14.1. The van der Waals surface area contributed by atoms with E-state index in [1.54, 1.807) is 0 Å². The van der Waals surface area contributed by atoms with Crippen LogP contribution in [0.15, 0.2) is 11.8 Å². The molecule has 0 saturated heterocycles. The molecule has 0 bridgehead atoms. The number of esters is 1. The predicted octanol–water partition coefficient (Wildman–Crippen LogP) is 3.79.